The van der Waals surface area contributed by atoms with Gasteiger partial charge in [0.05, 0.1) is 32.5 Å². The number of ether oxygens (including phenoxy) is 3. The molecule has 206 valence electrons. The molecule has 0 aliphatic heterocycles. The van der Waals surface area contributed by atoms with Gasteiger partial charge in [-0.3, -0.25) is 0 Å². The van der Waals surface area contributed by atoms with Gasteiger partial charge in [0.2, 0.25) is 0 Å². The number of aryl methyl sites for hydroxylation is 1. The molecule has 1 aromatic rings. The first kappa shape index (κ1) is 32.4. The largest absolute Gasteiger partial charge is 0.495 e. The molecule has 0 heterocycles. The molecule has 0 aliphatic rings. The summed E-state index contributed by atoms with van der Waals surface area (Å²) in [6.07, 6.45) is 21.4. The van der Waals surface area contributed by atoms with Crippen LogP contribution in [0.4, 0.5) is 0 Å². The molecular weight excluding hydrogens is 450 g/mol. The van der Waals surface area contributed by atoms with Crippen molar-refractivity contribution in [2.75, 3.05) is 26.9 Å². The molecule has 0 aliphatic carbocycles. The molecule has 36 heavy (non-hydrogen) atoms. The highest BCUT2D eigenvalue weighted by Gasteiger charge is 2.12. The van der Waals surface area contributed by atoms with Crippen LogP contribution in [-0.4, -0.2) is 38.1 Å². The molecule has 0 fully saturated rings. The van der Waals surface area contributed by atoms with Crippen molar-refractivity contribution in [2.45, 2.75) is 129 Å². The topological polar surface area (TPSA) is 71.7 Å². The van der Waals surface area contributed by atoms with E-state index in [1.54, 1.807) is 7.11 Å². The molecule has 0 unspecified atom stereocenters. The van der Waals surface area contributed by atoms with E-state index in [9.17, 15) is 10.4 Å². The number of nitriles is 1. The van der Waals surface area contributed by atoms with Gasteiger partial charge in [-0.1, -0.05) is 109 Å². The Bertz CT molecular complexity index is 701. The average molecular weight is 504 g/mol. The summed E-state index contributed by atoms with van der Waals surface area (Å²) in [5.74, 6) is 0.552. The lowest BCUT2D eigenvalue weighted by atomic mass is 10.0. The lowest BCUT2D eigenvalue weighted by molar-refractivity contribution is -0.0502. The SMILES string of the molecule is CCCCCCCCCCCCCCCCCCOC[C@H](CO)OCc1cc(C)c(C#N)c(OC)c1. The van der Waals surface area contributed by atoms with Gasteiger partial charge in [0.25, 0.3) is 0 Å². The van der Waals surface area contributed by atoms with Crippen LogP contribution < -0.4 is 4.74 Å². The Hall–Kier alpha value is -1.61. The van der Waals surface area contributed by atoms with E-state index in [1.807, 2.05) is 19.1 Å². The zero-order valence-electron chi connectivity index (χ0n) is 23.5. The summed E-state index contributed by atoms with van der Waals surface area (Å²) in [6.45, 7) is 5.53. The summed E-state index contributed by atoms with van der Waals surface area (Å²) in [5.41, 5.74) is 2.32. The lowest BCUT2D eigenvalue weighted by Crippen LogP contribution is -2.24. The van der Waals surface area contributed by atoms with Crippen LogP contribution in [0.1, 0.15) is 126 Å². The molecule has 1 aromatic carbocycles. The Morgan fingerprint density at radius 3 is 1.83 bits per heavy atom. The minimum absolute atomic E-state index is 0.0780. The monoisotopic (exact) mass is 503 g/mol. The summed E-state index contributed by atoms with van der Waals surface area (Å²) in [7, 11) is 1.56. The summed E-state index contributed by atoms with van der Waals surface area (Å²) in [4.78, 5) is 0. The van der Waals surface area contributed by atoms with Crippen LogP contribution in [0, 0.1) is 18.3 Å². The number of aliphatic hydroxyl groups excluding tert-OH is 1. The first-order valence-electron chi connectivity index (χ1n) is 14.5. The molecule has 5 heteroatoms. The Morgan fingerprint density at radius 1 is 0.833 bits per heavy atom. The molecule has 0 aromatic heterocycles. The summed E-state index contributed by atoms with van der Waals surface area (Å²) < 4.78 is 16.9. The molecule has 1 N–H and O–H groups in total. The predicted octanol–water partition coefficient (Wildman–Crippen LogP) is 8.03. The predicted molar refractivity (Wildman–Crippen MR) is 148 cm³/mol. The van der Waals surface area contributed by atoms with Gasteiger partial charge in [0.15, 0.2) is 0 Å². The van der Waals surface area contributed by atoms with Gasteiger partial charge in [-0.05, 0) is 30.5 Å². The molecule has 0 saturated heterocycles. The van der Waals surface area contributed by atoms with E-state index in [1.165, 1.54) is 96.3 Å². The number of benzene rings is 1. The third-order valence-electron chi connectivity index (χ3n) is 6.83. The molecule has 0 saturated carbocycles. The summed E-state index contributed by atoms with van der Waals surface area (Å²) >= 11 is 0. The fraction of sp³-hybridized carbons (Fsp3) is 0.774. The zero-order valence-corrected chi connectivity index (χ0v) is 23.5. The Labute approximate surface area is 221 Å². The minimum atomic E-state index is -0.354. The van der Waals surface area contributed by atoms with Gasteiger partial charge in [-0.15, -0.1) is 0 Å². The van der Waals surface area contributed by atoms with Gasteiger partial charge < -0.3 is 19.3 Å². The van der Waals surface area contributed by atoms with Crippen LogP contribution >= 0.6 is 0 Å². The maximum absolute atomic E-state index is 9.61. The maximum Gasteiger partial charge on any atom is 0.137 e. The van der Waals surface area contributed by atoms with E-state index in [4.69, 9.17) is 14.2 Å². The van der Waals surface area contributed by atoms with E-state index in [2.05, 4.69) is 13.0 Å². The van der Waals surface area contributed by atoms with E-state index < -0.39 is 0 Å². The number of methoxy groups -OCH3 is 1. The number of aliphatic hydroxyl groups is 1. The van der Waals surface area contributed by atoms with Crippen molar-refractivity contribution >= 4 is 0 Å². The molecular formula is C31H53NO4. The molecule has 5 nitrogen and oxygen atoms in total. The van der Waals surface area contributed by atoms with Crippen molar-refractivity contribution in [3.8, 4) is 11.8 Å². The number of hydrogen-bond donors (Lipinski definition) is 1. The quantitative estimate of drug-likeness (QED) is 0.145. The number of unbranched alkanes of at least 4 members (excludes halogenated alkanes) is 15. The van der Waals surface area contributed by atoms with Crippen LogP contribution in [0.2, 0.25) is 0 Å². The molecule has 1 rings (SSSR count). The van der Waals surface area contributed by atoms with E-state index in [0.717, 1.165) is 17.5 Å². The maximum atomic E-state index is 9.61. The van der Waals surface area contributed by atoms with Crippen LogP contribution in [0.15, 0.2) is 12.1 Å². The Kier molecular flexibility index (Phi) is 20.3. The third kappa shape index (κ3) is 15.5. The second kappa shape index (κ2) is 22.6. The molecule has 1 atom stereocenters. The smallest absolute Gasteiger partial charge is 0.137 e. The average Bonchev–Trinajstić information content (AvgIpc) is 2.89. The minimum Gasteiger partial charge on any atom is -0.495 e. The highest BCUT2D eigenvalue weighted by molar-refractivity contribution is 5.50. The van der Waals surface area contributed by atoms with Crippen molar-refractivity contribution in [3.05, 3.63) is 28.8 Å². The summed E-state index contributed by atoms with van der Waals surface area (Å²) in [5, 5.41) is 18.9. The van der Waals surface area contributed by atoms with Crippen molar-refractivity contribution in [1.29, 1.82) is 5.26 Å². The van der Waals surface area contributed by atoms with Crippen molar-refractivity contribution in [2.24, 2.45) is 0 Å². The highest BCUT2D eigenvalue weighted by atomic mass is 16.5. The van der Waals surface area contributed by atoms with E-state index >= 15 is 0 Å². The van der Waals surface area contributed by atoms with Gasteiger partial charge in [-0.2, -0.15) is 5.26 Å². The third-order valence-corrected chi connectivity index (χ3v) is 6.83. The second-order valence-corrected chi connectivity index (χ2v) is 10.1. The normalized spacial score (nSPS) is 12.0. The molecule has 0 radical (unpaired) electrons. The standard InChI is InChI=1S/C31H53NO4/c1-4-5-6-7-8-9-10-11-12-13-14-15-16-17-18-19-20-35-26-29(24-33)36-25-28-21-27(2)30(23-32)31(22-28)34-3/h21-22,29,33H,4-20,24-26H2,1-3H3/t29-/m0/s1. The van der Waals surface area contributed by atoms with Gasteiger partial charge in [-0.25, -0.2) is 0 Å². The zero-order chi connectivity index (χ0) is 26.3. The number of hydrogen-bond acceptors (Lipinski definition) is 5. The molecule has 0 bridgehead atoms. The first-order chi connectivity index (χ1) is 17.7. The van der Waals surface area contributed by atoms with E-state index in [0.29, 0.717) is 31.1 Å². The molecule has 0 amide bonds. The number of rotatable bonds is 24. The highest BCUT2D eigenvalue weighted by Crippen LogP contribution is 2.24. The fourth-order valence-corrected chi connectivity index (χ4v) is 4.55. The lowest BCUT2D eigenvalue weighted by Gasteiger charge is -2.17. The Morgan fingerprint density at radius 2 is 1.36 bits per heavy atom. The van der Waals surface area contributed by atoms with Crippen molar-refractivity contribution in [3.63, 3.8) is 0 Å². The first-order valence-corrected chi connectivity index (χ1v) is 14.5. The Balaban J connectivity index is 1.97. The van der Waals surface area contributed by atoms with Gasteiger partial charge >= 0.3 is 0 Å². The fourth-order valence-electron chi connectivity index (χ4n) is 4.55. The van der Waals surface area contributed by atoms with Crippen molar-refractivity contribution in [1.82, 2.24) is 0 Å². The van der Waals surface area contributed by atoms with Crippen LogP contribution in [0.5, 0.6) is 5.75 Å². The van der Waals surface area contributed by atoms with Gasteiger partial charge in [0, 0.05) is 6.61 Å². The van der Waals surface area contributed by atoms with Crippen LogP contribution in [-0.2, 0) is 16.1 Å². The van der Waals surface area contributed by atoms with E-state index in [-0.39, 0.29) is 12.7 Å². The van der Waals surface area contributed by atoms with Crippen LogP contribution in [0.3, 0.4) is 0 Å². The summed E-state index contributed by atoms with van der Waals surface area (Å²) in [6, 6.07) is 5.91. The van der Waals surface area contributed by atoms with Crippen LogP contribution in [0.25, 0.3) is 0 Å². The second-order valence-electron chi connectivity index (χ2n) is 10.1. The number of nitrogens with zero attached hydrogens (tertiary/aromatic N) is 1. The van der Waals surface area contributed by atoms with Crippen molar-refractivity contribution < 1.29 is 19.3 Å². The molecule has 0 spiro atoms. The van der Waals surface area contributed by atoms with Gasteiger partial charge in [0.1, 0.15) is 17.9 Å².